The van der Waals surface area contributed by atoms with Crippen LogP contribution in [0.2, 0.25) is 0 Å². The van der Waals surface area contributed by atoms with Gasteiger partial charge in [0.1, 0.15) is 5.56 Å². The lowest BCUT2D eigenvalue weighted by Gasteiger charge is -2.01. The lowest BCUT2D eigenvalue weighted by Crippen LogP contribution is -2.06. The number of nitrogens with zero attached hydrogens (tertiary/aromatic N) is 3. The summed E-state index contributed by atoms with van der Waals surface area (Å²) in [5.41, 5.74) is 1.23. The highest BCUT2D eigenvalue weighted by Crippen LogP contribution is 2.16. The maximum Gasteiger partial charge on any atom is 0.341 e. The van der Waals surface area contributed by atoms with Gasteiger partial charge in [-0.25, -0.2) is 14.5 Å². The molecule has 0 aliphatic heterocycles. The molecule has 6 heteroatoms. The monoisotopic (exact) mass is 237 g/mol. The smallest absolute Gasteiger partial charge is 0.341 e. The fraction of sp³-hybridized carbons (Fsp3) is 0.300. The predicted molar refractivity (Wildman–Crippen MR) is 59.9 cm³/mol. The highest BCUT2D eigenvalue weighted by atomic mass is 32.1. The Hall–Kier alpha value is -1.69. The number of thiazole rings is 1. The summed E-state index contributed by atoms with van der Waals surface area (Å²) in [6, 6.07) is 0. The van der Waals surface area contributed by atoms with Crippen LogP contribution in [0.3, 0.4) is 0 Å². The molecule has 0 fully saturated rings. The first-order chi connectivity index (χ1) is 7.74. The minimum Gasteiger partial charge on any atom is -0.462 e. The van der Waals surface area contributed by atoms with Gasteiger partial charge in [0, 0.05) is 11.6 Å². The Morgan fingerprint density at radius 2 is 2.44 bits per heavy atom. The van der Waals surface area contributed by atoms with Gasteiger partial charge < -0.3 is 4.74 Å². The molecule has 0 amide bonds. The molecular formula is C10H11N3O2S. The van der Waals surface area contributed by atoms with E-state index in [1.54, 1.807) is 17.8 Å². The van der Waals surface area contributed by atoms with Crippen molar-refractivity contribution in [1.29, 1.82) is 0 Å². The van der Waals surface area contributed by atoms with Crippen LogP contribution in [-0.2, 0) is 4.74 Å². The largest absolute Gasteiger partial charge is 0.462 e. The molecule has 2 heterocycles. The van der Waals surface area contributed by atoms with Crippen LogP contribution >= 0.6 is 11.3 Å². The van der Waals surface area contributed by atoms with E-state index in [0.717, 1.165) is 10.8 Å². The first-order valence-electron chi connectivity index (χ1n) is 4.85. The summed E-state index contributed by atoms with van der Waals surface area (Å²) in [6.45, 7) is 3.96. The minimum absolute atomic E-state index is 0.345. The van der Waals surface area contributed by atoms with E-state index in [1.165, 1.54) is 17.5 Å². The molecule has 0 spiro atoms. The normalized spacial score (nSPS) is 10.4. The Bertz CT molecular complexity index is 490. The molecule has 0 bridgehead atoms. The van der Waals surface area contributed by atoms with Crippen molar-refractivity contribution in [2.45, 2.75) is 13.8 Å². The lowest BCUT2D eigenvalue weighted by molar-refractivity contribution is 0.0525. The number of rotatable bonds is 3. The van der Waals surface area contributed by atoms with Crippen LogP contribution in [0.5, 0.6) is 0 Å². The minimum atomic E-state index is -0.345. The molecule has 16 heavy (non-hydrogen) atoms. The van der Waals surface area contributed by atoms with Crippen LogP contribution in [0.1, 0.15) is 23.0 Å². The molecule has 0 saturated heterocycles. The van der Waals surface area contributed by atoms with E-state index in [-0.39, 0.29) is 5.97 Å². The zero-order valence-corrected chi connectivity index (χ0v) is 9.82. The molecule has 2 aromatic rings. The summed E-state index contributed by atoms with van der Waals surface area (Å²) in [4.78, 5) is 15.7. The number of aromatic nitrogens is 3. The van der Waals surface area contributed by atoms with Crippen LogP contribution in [0.25, 0.3) is 5.13 Å². The van der Waals surface area contributed by atoms with Crippen LogP contribution in [0.4, 0.5) is 0 Å². The van der Waals surface area contributed by atoms with Gasteiger partial charge in [0.25, 0.3) is 0 Å². The molecule has 0 aliphatic rings. The number of hydrogen-bond donors (Lipinski definition) is 0. The molecule has 5 nitrogen and oxygen atoms in total. The van der Waals surface area contributed by atoms with Crippen molar-refractivity contribution < 1.29 is 9.53 Å². The zero-order valence-electron chi connectivity index (χ0n) is 9.01. The van der Waals surface area contributed by atoms with Gasteiger partial charge in [-0.15, -0.1) is 11.3 Å². The van der Waals surface area contributed by atoms with Crippen molar-refractivity contribution in [3.8, 4) is 5.13 Å². The third-order valence-electron chi connectivity index (χ3n) is 2.11. The van der Waals surface area contributed by atoms with Crippen molar-refractivity contribution >= 4 is 17.3 Å². The maximum absolute atomic E-state index is 11.6. The van der Waals surface area contributed by atoms with E-state index in [9.17, 15) is 4.79 Å². The molecule has 0 aliphatic carbocycles. The molecular weight excluding hydrogens is 226 g/mol. The SMILES string of the molecule is CCOC(=O)c1cnn(-c2nccs2)c1C. The average molecular weight is 237 g/mol. The molecule has 0 unspecified atom stereocenters. The van der Waals surface area contributed by atoms with Gasteiger partial charge in [0.15, 0.2) is 0 Å². The predicted octanol–water partition coefficient (Wildman–Crippen LogP) is 1.81. The van der Waals surface area contributed by atoms with Gasteiger partial charge in [-0.2, -0.15) is 5.10 Å². The van der Waals surface area contributed by atoms with Gasteiger partial charge in [-0.05, 0) is 13.8 Å². The Morgan fingerprint density at radius 3 is 3.06 bits per heavy atom. The van der Waals surface area contributed by atoms with Gasteiger partial charge >= 0.3 is 5.97 Å². The lowest BCUT2D eigenvalue weighted by atomic mass is 10.3. The van der Waals surface area contributed by atoms with E-state index in [2.05, 4.69) is 10.1 Å². The Balaban J connectivity index is 2.35. The van der Waals surface area contributed by atoms with E-state index in [4.69, 9.17) is 4.74 Å². The molecule has 0 N–H and O–H groups in total. The number of hydrogen-bond acceptors (Lipinski definition) is 5. The molecule has 2 rings (SSSR count). The quantitative estimate of drug-likeness (QED) is 0.764. The molecule has 0 aromatic carbocycles. The fourth-order valence-electron chi connectivity index (χ4n) is 1.33. The van der Waals surface area contributed by atoms with Gasteiger partial charge in [0.2, 0.25) is 5.13 Å². The first kappa shape index (κ1) is 10.8. The van der Waals surface area contributed by atoms with Crippen LogP contribution in [0.15, 0.2) is 17.8 Å². The Labute approximate surface area is 96.7 Å². The van der Waals surface area contributed by atoms with Crippen molar-refractivity contribution in [2.75, 3.05) is 6.61 Å². The van der Waals surface area contributed by atoms with E-state index in [1.807, 2.05) is 12.3 Å². The van der Waals surface area contributed by atoms with E-state index >= 15 is 0 Å². The van der Waals surface area contributed by atoms with Gasteiger partial charge in [-0.1, -0.05) is 0 Å². The molecule has 0 saturated carbocycles. The zero-order chi connectivity index (χ0) is 11.5. The van der Waals surface area contributed by atoms with Gasteiger partial charge in [-0.3, -0.25) is 0 Å². The second-order valence-corrected chi connectivity index (χ2v) is 3.96. The highest BCUT2D eigenvalue weighted by Gasteiger charge is 2.16. The van der Waals surface area contributed by atoms with Crippen LogP contribution in [0, 0.1) is 6.92 Å². The standard InChI is InChI=1S/C10H11N3O2S/c1-3-15-9(14)8-6-12-13(7(8)2)10-11-4-5-16-10/h4-6H,3H2,1-2H3. The first-order valence-corrected chi connectivity index (χ1v) is 5.73. The highest BCUT2D eigenvalue weighted by molar-refractivity contribution is 7.12. The third-order valence-corrected chi connectivity index (χ3v) is 2.85. The molecule has 0 atom stereocenters. The second kappa shape index (κ2) is 4.44. The number of carbonyl (C=O) groups is 1. The summed E-state index contributed by atoms with van der Waals surface area (Å²) >= 11 is 1.47. The van der Waals surface area contributed by atoms with Crippen molar-refractivity contribution in [3.05, 3.63) is 29.0 Å². The topological polar surface area (TPSA) is 57.0 Å². The van der Waals surface area contributed by atoms with Crippen LogP contribution in [-0.4, -0.2) is 27.3 Å². The van der Waals surface area contributed by atoms with Crippen molar-refractivity contribution in [1.82, 2.24) is 14.8 Å². The third kappa shape index (κ3) is 1.83. The second-order valence-electron chi connectivity index (χ2n) is 3.09. The number of ether oxygens (including phenoxy) is 1. The molecule has 84 valence electrons. The number of esters is 1. The van der Waals surface area contributed by atoms with E-state index in [0.29, 0.717) is 12.2 Å². The fourth-order valence-corrected chi connectivity index (χ4v) is 1.98. The maximum atomic E-state index is 11.6. The molecule has 2 aromatic heterocycles. The Kier molecular flexibility index (Phi) is 3.00. The van der Waals surface area contributed by atoms with Crippen LogP contribution < -0.4 is 0 Å². The summed E-state index contributed by atoms with van der Waals surface area (Å²) in [5, 5.41) is 6.73. The average Bonchev–Trinajstić information content (AvgIpc) is 2.86. The Morgan fingerprint density at radius 1 is 1.62 bits per heavy atom. The van der Waals surface area contributed by atoms with E-state index < -0.39 is 0 Å². The summed E-state index contributed by atoms with van der Waals surface area (Å²) in [6.07, 6.45) is 3.21. The number of carbonyl (C=O) groups excluding carboxylic acids is 1. The van der Waals surface area contributed by atoms with Crippen molar-refractivity contribution in [3.63, 3.8) is 0 Å². The summed E-state index contributed by atoms with van der Waals surface area (Å²) in [7, 11) is 0. The summed E-state index contributed by atoms with van der Waals surface area (Å²) in [5.74, 6) is -0.345. The van der Waals surface area contributed by atoms with Crippen molar-refractivity contribution in [2.24, 2.45) is 0 Å². The molecule has 0 radical (unpaired) electrons. The summed E-state index contributed by atoms with van der Waals surface area (Å²) < 4.78 is 6.57. The van der Waals surface area contributed by atoms with Gasteiger partial charge in [0.05, 0.1) is 18.5 Å².